The highest BCUT2D eigenvalue weighted by Crippen LogP contribution is 2.24. The molecule has 2 unspecified atom stereocenters. The van der Waals surface area contributed by atoms with E-state index in [0.717, 1.165) is 12.1 Å². The zero-order valence-electron chi connectivity index (χ0n) is 12.3. The molecule has 2 atom stereocenters. The van der Waals surface area contributed by atoms with Gasteiger partial charge in [-0.15, -0.1) is 0 Å². The maximum absolute atomic E-state index is 5.45. The van der Waals surface area contributed by atoms with Gasteiger partial charge in [-0.2, -0.15) is 0 Å². The van der Waals surface area contributed by atoms with Crippen molar-refractivity contribution in [3.8, 4) is 5.88 Å². The lowest BCUT2D eigenvalue weighted by Crippen LogP contribution is -2.31. The minimum absolute atomic E-state index is 0.380. The summed E-state index contributed by atoms with van der Waals surface area (Å²) in [6, 6.07) is 4.36. The van der Waals surface area contributed by atoms with Gasteiger partial charge >= 0.3 is 0 Å². The van der Waals surface area contributed by atoms with Crippen molar-refractivity contribution in [2.45, 2.75) is 37.8 Å². The first-order valence-electron chi connectivity index (χ1n) is 7.19. The first-order valence-corrected chi connectivity index (χ1v) is 7.19. The summed E-state index contributed by atoms with van der Waals surface area (Å²) in [5.41, 5.74) is 1.03. The lowest BCUT2D eigenvalue weighted by molar-refractivity contribution is 0.0669. The number of pyridine rings is 1. The first kappa shape index (κ1) is 15.1. The molecule has 0 bridgehead atoms. The highest BCUT2D eigenvalue weighted by Gasteiger charge is 2.21. The number of nitrogens with one attached hydrogen (secondary N) is 1. The Labute approximate surface area is 120 Å². The van der Waals surface area contributed by atoms with Crippen LogP contribution in [-0.2, 0) is 9.47 Å². The molecule has 0 aromatic carbocycles. The number of hydrogen-bond donors (Lipinski definition) is 1. The zero-order valence-corrected chi connectivity index (χ0v) is 12.3. The van der Waals surface area contributed by atoms with Gasteiger partial charge in [-0.05, 0) is 31.7 Å². The standard InChI is InChI=1S/C15H24N2O3/c1-18-8-9-20-15-7-6-13(11-16-15)17-12-4-3-5-14(10-12)19-2/h6-7,11-12,14,17H,3-5,8-10H2,1-2H3. The third-order valence-electron chi connectivity index (χ3n) is 3.60. The highest BCUT2D eigenvalue weighted by molar-refractivity contribution is 5.43. The van der Waals surface area contributed by atoms with E-state index in [1.165, 1.54) is 19.3 Å². The molecule has 5 nitrogen and oxygen atoms in total. The van der Waals surface area contributed by atoms with Crippen molar-refractivity contribution in [3.05, 3.63) is 18.3 Å². The van der Waals surface area contributed by atoms with Crippen LogP contribution in [0.15, 0.2) is 18.3 Å². The Morgan fingerprint density at radius 2 is 2.15 bits per heavy atom. The fraction of sp³-hybridized carbons (Fsp3) is 0.667. The number of rotatable bonds is 7. The molecule has 112 valence electrons. The number of methoxy groups -OCH3 is 2. The van der Waals surface area contributed by atoms with Crippen molar-refractivity contribution in [3.63, 3.8) is 0 Å². The average Bonchev–Trinajstić information content (AvgIpc) is 2.49. The maximum Gasteiger partial charge on any atom is 0.213 e. The molecule has 1 N–H and O–H groups in total. The van der Waals surface area contributed by atoms with Crippen LogP contribution in [0.25, 0.3) is 0 Å². The molecule has 1 aliphatic rings. The molecule has 5 heteroatoms. The minimum Gasteiger partial charge on any atom is -0.475 e. The SMILES string of the molecule is COCCOc1ccc(NC2CCCC(OC)C2)cn1. The first-order chi connectivity index (χ1) is 9.81. The van der Waals surface area contributed by atoms with Crippen molar-refractivity contribution in [1.29, 1.82) is 0 Å². The van der Waals surface area contributed by atoms with Crippen LogP contribution >= 0.6 is 0 Å². The van der Waals surface area contributed by atoms with Gasteiger partial charge in [0.25, 0.3) is 0 Å². The molecular formula is C15H24N2O3. The molecule has 1 fully saturated rings. The van der Waals surface area contributed by atoms with Gasteiger partial charge in [-0.25, -0.2) is 4.98 Å². The summed E-state index contributed by atoms with van der Waals surface area (Å²) in [4.78, 5) is 4.28. The van der Waals surface area contributed by atoms with E-state index in [0.29, 0.717) is 31.2 Å². The van der Waals surface area contributed by atoms with Gasteiger partial charge in [0.05, 0.1) is 24.6 Å². The highest BCUT2D eigenvalue weighted by atomic mass is 16.5. The van der Waals surface area contributed by atoms with Crippen molar-refractivity contribution in [1.82, 2.24) is 4.98 Å². The van der Waals surface area contributed by atoms with Crippen LogP contribution in [0, 0.1) is 0 Å². The molecule has 0 spiro atoms. The van der Waals surface area contributed by atoms with Crippen LogP contribution in [0.5, 0.6) is 5.88 Å². The monoisotopic (exact) mass is 280 g/mol. The van der Waals surface area contributed by atoms with E-state index < -0.39 is 0 Å². The van der Waals surface area contributed by atoms with Gasteiger partial charge in [0.2, 0.25) is 5.88 Å². The van der Waals surface area contributed by atoms with Crippen LogP contribution in [0.4, 0.5) is 5.69 Å². The number of aromatic nitrogens is 1. The molecule has 0 saturated heterocycles. The quantitative estimate of drug-likeness (QED) is 0.778. The van der Waals surface area contributed by atoms with E-state index in [1.807, 2.05) is 18.3 Å². The molecule has 0 radical (unpaired) electrons. The lowest BCUT2D eigenvalue weighted by atomic mass is 9.93. The molecule has 1 aliphatic carbocycles. The van der Waals surface area contributed by atoms with Gasteiger partial charge in [0.1, 0.15) is 6.61 Å². The van der Waals surface area contributed by atoms with E-state index in [9.17, 15) is 0 Å². The molecule has 2 rings (SSSR count). The van der Waals surface area contributed by atoms with Crippen LogP contribution in [0.2, 0.25) is 0 Å². The topological polar surface area (TPSA) is 52.6 Å². The summed E-state index contributed by atoms with van der Waals surface area (Å²) in [5.74, 6) is 0.631. The van der Waals surface area contributed by atoms with Crippen molar-refractivity contribution >= 4 is 5.69 Å². The van der Waals surface area contributed by atoms with Crippen molar-refractivity contribution in [2.24, 2.45) is 0 Å². The molecule has 1 heterocycles. The van der Waals surface area contributed by atoms with E-state index in [4.69, 9.17) is 14.2 Å². The Balaban J connectivity index is 1.80. The maximum atomic E-state index is 5.45. The number of ether oxygens (including phenoxy) is 3. The Kier molecular flexibility index (Phi) is 6.08. The van der Waals surface area contributed by atoms with Crippen LogP contribution in [-0.4, -0.2) is 44.6 Å². The second kappa shape index (κ2) is 8.07. The predicted molar refractivity (Wildman–Crippen MR) is 78.3 cm³/mol. The largest absolute Gasteiger partial charge is 0.475 e. The van der Waals surface area contributed by atoms with E-state index in [2.05, 4.69) is 10.3 Å². The summed E-state index contributed by atoms with van der Waals surface area (Å²) in [5, 5.41) is 3.52. The third kappa shape index (κ3) is 4.65. The number of hydrogen-bond acceptors (Lipinski definition) is 5. The molecular weight excluding hydrogens is 256 g/mol. The Hall–Kier alpha value is -1.33. The van der Waals surface area contributed by atoms with Crippen LogP contribution in [0.3, 0.4) is 0 Å². The molecule has 1 aromatic rings. The predicted octanol–water partition coefficient (Wildman–Crippen LogP) is 2.48. The van der Waals surface area contributed by atoms with Crippen molar-refractivity contribution < 1.29 is 14.2 Å². The lowest BCUT2D eigenvalue weighted by Gasteiger charge is -2.29. The third-order valence-corrected chi connectivity index (χ3v) is 3.60. The Morgan fingerprint density at radius 3 is 2.85 bits per heavy atom. The van der Waals surface area contributed by atoms with E-state index in [-0.39, 0.29) is 0 Å². The Morgan fingerprint density at radius 1 is 1.25 bits per heavy atom. The minimum atomic E-state index is 0.380. The van der Waals surface area contributed by atoms with Gasteiger partial charge in [0.15, 0.2) is 0 Å². The summed E-state index contributed by atoms with van der Waals surface area (Å²) in [6.07, 6.45) is 6.82. The summed E-state index contributed by atoms with van der Waals surface area (Å²) in [7, 11) is 3.45. The Bertz CT molecular complexity index is 383. The summed E-state index contributed by atoms with van der Waals surface area (Å²) in [6.45, 7) is 1.09. The number of anilines is 1. The molecule has 0 aliphatic heterocycles. The van der Waals surface area contributed by atoms with Crippen LogP contribution in [0.1, 0.15) is 25.7 Å². The number of nitrogens with zero attached hydrogens (tertiary/aromatic N) is 1. The normalized spacial score (nSPS) is 22.5. The summed E-state index contributed by atoms with van der Waals surface area (Å²) >= 11 is 0. The smallest absolute Gasteiger partial charge is 0.213 e. The average molecular weight is 280 g/mol. The van der Waals surface area contributed by atoms with Crippen molar-refractivity contribution in [2.75, 3.05) is 32.8 Å². The second-order valence-corrected chi connectivity index (χ2v) is 5.09. The van der Waals surface area contributed by atoms with E-state index in [1.54, 1.807) is 14.2 Å². The van der Waals surface area contributed by atoms with E-state index >= 15 is 0 Å². The summed E-state index contributed by atoms with van der Waals surface area (Å²) < 4.78 is 15.8. The van der Waals surface area contributed by atoms with Gasteiger partial charge in [-0.3, -0.25) is 0 Å². The molecule has 1 saturated carbocycles. The molecule has 1 aromatic heterocycles. The zero-order chi connectivity index (χ0) is 14.2. The second-order valence-electron chi connectivity index (χ2n) is 5.09. The fourth-order valence-electron chi connectivity index (χ4n) is 2.51. The van der Waals surface area contributed by atoms with Crippen LogP contribution < -0.4 is 10.1 Å². The van der Waals surface area contributed by atoms with Gasteiger partial charge < -0.3 is 19.5 Å². The fourth-order valence-corrected chi connectivity index (χ4v) is 2.51. The molecule has 20 heavy (non-hydrogen) atoms. The van der Waals surface area contributed by atoms with Gasteiger partial charge in [0, 0.05) is 26.3 Å². The van der Waals surface area contributed by atoms with Gasteiger partial charge in [-0.1, -0.05) is 0 Å². The molecule has 0 amide bonds.